The molecule has 0 saturated carbocycles. The van der Waals surface area contributed by atoms with Crippen LogP contribution >= 0.6 is 0 Å². The van der Waals surface area contributed by atoms with Crippen molar-refractivity contribution < 1.29 is 0 Å². The third kappa shape index (κ3) is 4.64. The highest BCUT2D eigenvalue weighted by Gasteiger charge is 2.27. The Balaban J connectivity index is 1.39. The number of benzene rings is 3. The lowest BCUT2D eigenvalue weighted by Crippen LogP contribution is -2.34. The molecule has 1 aliphatic rings. The number of nitrogens with zero attached hydrogens (tertiary/aromatic N) is 5. The number of aromatic nitrogens is 4. The summed E-state index contributed by atoms with van der Waals surface area (Å²) in [4.78, 5) is 15.5. The average molecular weight is 535 g/mol. The van der Waals surface area contributed by atoms with Gasteiger partial charge in [-0.3, -0.25) is 14.0 Å². The monoisotopic (exact) mass is 534 g/mol. The van der Waals surface area contributed by atoms with Crippen LogP contribution in [0.5, 0.6) is 0 Å². The van der Waals surface area contributed by atoms with Crippen molar-refractivity contribution in [1.82, 2.24) is 23.8 Å². The van der Waals surface area contributed by atoms with Gasteiger partial charge in [0.1, 0.15) is 11.5 Å². The summed E-state index contributed by atoms with van der Waals surface area (Å²) in [6.07, 6.45) is 1.99. The first-order valence-electron chi connectivity index (χ1n) is 14.2. The molecule has 0 unspecified atom stereocenters. The Kier molecular flexibility index (Phi) is 6.84. The third-order valence-corrected chi connectivity index (χ3v) is 8.29. The second-order valence-electron chi connectivity index (χ2n) is 11.4. The first-order valence-corrected chi connectivity index (χ1v) is 14.2. The smallest absolute Gasteiger partial charge is 0.329 e. The third-order valence-electron chi connectivity index (χ3n) is 8.29. The van der Waals surface area contributed by atoms with Crippen LogP contribution in [-0.2, 0) is 13.6 Å². The van der Waals surface area contributed by atoms with Crippen molar-refractivity contribution in [2.45, 2.75) is 52.2 Å². The maximum Gasteiger partial charge on any atom is 0.329 e. The Morgan fingerprint density at radius 1 is 0.925 bits per heavy atom. The Morgan fingerprint density at radius 3 is 2.38 bits per heavy atom. The fourth-order valence-corrected chi connectivity index (χ4v) is 6.19. The average Bonchev–Trinajstić information content (AvgIpc) is 3.43. The lowest BCUT2D eigenvalue weighted by atomic mass is 9.99. The normalized spacial score (nSPS) is 14.9. The summed E-state index contributed by atoms with van der Waals surface area (Å²) in [7, 11) is 1.84. The summed E-state index contributed by atoms with van der Waals surface area (Å²) in [5.41, 5.74) is 15.2. The highest BCUT2D eigenvalue weighted by atomic mass is 16.1. The molecule has 0 aliphatic carbocycles. The number of imidazole rings is 1. The van der Waals surface area contributed by atoms with Gasteiger partial charge in [0, 0.05) is 38.3 Å². The summed E-state index contributed by atoms with van der Waals surface area (Å²) >= 11 is 0. The van der Waals surface area contributed by atoms with Crippen LogP contribution in [0.15, 0.2) is 77.6 Å². The molecule has 7 nitrogen and oxygen atoms in total. The molecule has 3 aromatic carbocycles. The van der Waals surface area contributed by atoms with Gasteiger partial charge in [0.25, 0.3) is 0 Å². The van der Waals surface area contributed by atoms with Crippen molar-refractivity contribution in [3.05, 3.63) is 94.4 Å². The molecule has 7 heteroatoms. The standard InChI is InChI=1S/C33H38N6O/c1-22(2)38-28-14-13-25(20-29(28)36(4)33(38)40)30-31(26-12-8-9-23(3)19-26)35-39(32(30)34)27-15-17-37(18-16-27)21-24-10-6-5-7-11-24/h5-14,19-20,22,27H,15-18,21,34H2,1-4H3. The second-order valence-corrected chi connectivity index (χ2v) is 11.4. The number of fused-ring (bicyclic) bond motifs is 1. The molecular weight excluding hydrogens is 496 g/mol. The fourth-order valence-electron chi connectivity index (χ4n) is 6.19. The molecule has 6 rings (SSSR count). The van der Waals surface area contributed by atoms with Gasteiger partial charge < -0.3 is 5.73 Å². The van der Waals surface area contributed by atoms with Crippen LogP contribution in [0.4, 0.5) is 5.82 Å². The number of rotatable bonds is 6. The van der Waals surface area contributed by atoms with Gasteiger partial charge in [-0.1, -0.05) is 60.2 Å². The lowest BCUT2D eigenvalue weighted by Gasteiger charge is -2.32. The van der Waals surface area contributed by atoms with E-state index in [1.807, 2.05) is 31.5 Å². The van der Waals surface area contributed by atoms with Crippen molar-refractivity contribution in [2.75, 3.05) is 18.8 Å². The molecule has 0 atom stereocenters. The Bertz CT molecular complexity index is 1720. The number of nitrogen functional groups attached to an aromatic ring is 1. The summed E-state index contributed by atoms with van der Waals surface area (Å²) in [5, 5.41) is 5.18. The van der Waals surface area contributed by atoms with E-state index in [2.05, 4.69) is 83.2 Å². The molecule has 2 aromatic heterocycles. The summed E-state index contributed by atoms with van der Waals surface area (Å²) in [6.45, 7) is 9.16. The van der Waals surface area contributed by atoms with Crippen molar-refractivity contribution in [3.63, 3.8) is 0 Å². The van der Waals surface area contributed by atoms with Gasteiger partial charge in [-0.2, -0.15) is 5.10 Å². The van der Waals surface area contributed by atoms with Crippen molar-refractivity contribution in [2.24, 2.45) is 7.05 Å². The van der Waals surface area contributed by atoms with Gasteiger partial charge in [0.15, 0.2) is 0 Å². The number of aryl methyl sites for hydroxylation is 2. The van der Waals surface area contributed by atoms with Crippen LogP contribution in [0, 0.1) is 6.92 Å². The van der Waals surface area contributed by atoms with Crippen LogP contribution < -0.4 is 11.4 Å². The second kappa shape index (κ2) is 10.5. The van der Waals surface area contributed by atoms with E-state index in [0.29, 0.717) is 5.82 Å². The molecule has 206 valence electrons. The number of hydrogen-bond donors (Lipinski definition) is 1. The van der Waals surface area contributed by atoms with E-state index < -0.39 is 0 Å². The maximum absolute atomic E-state index is 13.0. The predicted molar refractivity (Wildman–Crippen MR) is 163 cm³/mol. The van der Waals surface area contributed by atoms with E-state index in [4.69, 9.17) is 10.8 Å². The highest BCUT2D eigenvalue weighted by molar-refractivity contribution is 5.92. The van der Waals surface area contributed by atoms with Gasteiger partial charge in [0.05, 0.1) is 22.6 Å². The lowest BCUT2D eigenvalue weighted by molar-refractivity contribution is 0.174. The first-order chi connectivity index (χ1) is 19.3. The number of piperidine rings is 1. The van der Waals surface area contributed by atoms with E-state index in [0.717, 1.165) is 65.9 Å². The predicted octanol–water partition coefficient (Wildman–Crippen LogP) is 6.18. The van der Waals surface area contributed by atoms with Gasteiger partial charge >= 0.3 is 5.69 Å². The van der Waals surface area contributed by atoms with Crippen molar-refractivity contribution in [3.8, 4) is 22.4 Å². The number of likely N-dealkylation sites (tertiary alicyclic amines) is 1. The zero-order valence-electron chi connectivity index (χ0n) is 23.8. The molecule has 2 N–H and O–H groups in total. The first kappa shape index (κ1) is 26.1. The van der Waals surface area contributed by atoms with E-state index in [9.17, 15) is 4.79 Å². The molecule has 40 heavy (non-hydrogen) atoms. The molecule has 5 aromatic rings. The molecule has 1 aliphatic heterocycles. The zero-order chi connectivity index (χ0) is 28.0. The summed E-state index contributed by atoms with van der Waals surface area (Å²) in [5.74, 6) is 0.686. The van der Waals surface area contributed by atoms with E-state index in [1.54, 1.807) is 4.57 Å². The van der Waals surface area contributed by atoms with Crippen LogP contribution in [0.1, 0.15) is 49.9 Å². The molecule has 0 bridgehead atoms. The minimum absolute atomic E-state index is 0.00742. The molecule has 3 heterocycles. The Morgan fingerprint density at radius 2 is 1.68 bits per heavy atom. The van der Waals surface area contributed by atoms with Crippen molar-refractivity contribution in [1.29, 1.82) is 0 Å². The van der Waals surface area contributed by atoms with E-state index >= 15 is 0 Å². The van der Waals surface area contributed by atoms with Gasteiger partial charge in [-0.25, -0.2) is 9.48 Å². The van der Waals surface area contributed by atoms with Crippen LogP contribution in [0.3, 0.4) is 0 Å². The molecule has 0 amide bonds. The largest absolute Gasteiger partial charge is 0.383 e. The highest BCUT2D eigenvalue weighted by Crippen LogP contribution is 2.40. The maximum atomic E-state index is 13.0. The molecule has 1 fully saturated rings. The quantitative estimate of drug-likeness (QED) is 0.282. The van der Waals surface area contributed by atoms with Crippen LogP contribution in [-0.4, -0.2) is 36.9 Å². The van der Waals surface area contributed by atoms with Gasteiger partial charge in [0.2, 0.25) is 0 Å². The summed E-state index contributed by atoms with van der Waals surface area (Å²) in [6, 6.07) is 25.6. The Labute approximate surface area is 235 Å². The molecule has 0 radical (unpaired) electrons. The van der Waals surface area contributed by atoms with Gasteiger partial charge in [-0.05, 0) is 62.9 Å². The minimum Gasteiger partial charge on any atom is -0.383 e. The van der Waals surface area contributed by atoms with E-state index in [-0.39, 0.29) is 17.8 Å². The van der Waals surface area contributed by atoms with Crippen LogP contribution in [0.25, 0.3) is 33.4 Å². The topological polar surface area (TPSA) is 74.0 Å². The number of anilines is 1. The molecule has 0 spiro atoms. The van der Waals surface area contributed by atoms with Crippen molar-refractivity contribution >= 4 is 16.9 Å². The number of hydrogen-bond acceptors (Lipinski definition) is 4. The van der Waals surface area contributed by atoms with Crippen LogP contribution in [0.2, 0.25) is 0 Å². The van der Waals surface area contributed by atoms with Gasteiger partial charge in [-0.15, -0.1) is 0 Å². The fraction of sp³-hybridized carbons (Fsp3) is 0.333. The SMILES string of the molecule is Cc1cccc(-c2nn(C3CCN(Cc4ccccc4)CC3)c(N)c2-c2ccc3c(c2)n(C)c(=O)n3C(C)C)c1. The summed E-state index contributed by atoms with van der Waals surface area (Å²) < 4.78 is 5.64. The number of nitrogens with two attached hydrogens (primary N) is 1. The molecule has 1 saturated heterocycles. The molecular formula is C33H38N6O. The Hall–Kier alpha value is -4.10. The zero-order valence-corrected chi connectivity index (χ0v) is 23.8. The minimum atomic E-state index is -0.00742. The van der Waals surface area contributed by atoms with E-state index in [1.165, 1.54) is 11.1 Å².